The number of ether oxygens (including phenoxy) is 1. The van der Waals surface area contributed by atoms with Crippen molar-refractivity contribution in [2.45, 2.75) is 19.8 Å². The lowest BCUT2D eigenvalue weighted by Gasteiger charge is -2.05. The van der Waals surface area contributed by atoms with Gasteiger partial charge in [-0.05, 0) is 31.9 Å². The van der Waals surface area contributed by atoms with Crippen molar-refractivity contribution in [3.63, 3.8) is 0 Å². The molecule has 0 fully saturated rings. The summed E-state index contributed by atoms with van der Waals surface area (Å²) in [5.74, 6) is 0.486. The molecule has 96 valence electrons. The number of hydrogen-bond donors (Lipinski definition) is 2. The Morgan fingerprint density at radius 3 is 3.00 bits per heavy atom. The normalized spacial score (nSPS) is 10.8. The first-order valence-electron chi connectivity index (χ1n) is 5.95. The van der Waals surface area contributed by atoms with Gasteiger partial charge in [0.1, 0.15) is 5.65 Å². The Labute approximate surface area is 104 Å². The zero-order valence-corrected chi connectivity index (χ0v) is 10.3. The van der Waals surface area contributed by atoms with Crippen molar-refractivity contribution in [1.29, 1.82) is 0 Å². The van der Waals surface area contributed by atoms with Gasteiger partial charge in [0.2, 0.25) is 5.88 Å². The summed E-state index contributed by atoms with van der Waals surface area (Å²) in [6, 6.07) is 5.45. The van der Waals surface area contributed by atoms with Gasteiger partial charge in [-0.1, -0.05) is 0 Å². The zero-order chi connectivity index (χ0) is 13.0. The Balaban J connectivity index is 2.17. The van der Waals surface area contributed by atoms with Crippen LogP contribution >= 0.6 is 0 Å². The second-order valence-electron chi connectivity index (χ2n) is 4.15. The number of pyridine rings is 2. The number of rotatable bonds is 5. The van der Waals surface area contributed by atoms with Crippen molar-refractivity contribution >= 4 is 11.0 Å². The number of hydrogen-bond acceptors (Lipinski definition) is 4. The molecule has 2 aromatic rings. The molecule has 18 heavy (non-hydrogen) atoms. The molecule has 0 atom stereocenters. The minimum Gasteiger partial charge on any atom is -0.478 e. The maximum absolute atomic E-state index is 11.5. The summed E-state index contributed by atoms with van der Waals surface area (Å²) >= 11 is 0. The molecule has 2 aromatic heterocycles. The first-order valence-corrected chi connectivity index (χ1v) is 5.95. The predicted molar refractivity (Wildman–Crippen MR) is 68.9 cm³/mol. The van der Waals surface area contributed by atoms with E-state index in [4.69, 9.17) is 9.84 Å². The summed E-state index contributed by atoms with van der Waals surface area (Å²) < 4.78 is 5.44. The average molecular weight is 248 g/mol. The highest BCUT2D eigenvalue weighted by molar-refractivity contribution is 5.75. The van der Waals surface area contributed by atoms with Crippen LogP contribution in [0.2, 0.25) is 0 Å². The summed E-state index contributed by atoms with van der Waals surface area (Å²) in [4.78, 5) is 18.4. The van der Waals surface area contributed by atoms with Gasteiger partial charge in [0, 0.05) is 23.6 Å². The van der Waals surface area contributed by atoms with E-state index in [9.17, 15) is 4.79 Å². The Bertz CT molecular complexity index is 592. The molecule has 0 unspecified atom stereocenters. The number of aromatic amines is 1. The Kier molecular flexibility index (Phi) is 3.94. The number of unbranched alkanes of at least 4 members (excludes halogenated alkanes) is 1. The number of aryl methyl sites for hydroxylation is 1. The number of aliphatic hydroxyl groups is 1. The third-order valence-corrected chi connectivity index (χ3v) is 2.67. The van der Waals surface area contributed by atoms with Crippen LogP contribution in [-0.4, -0.2) is 28.3 Å². The molecule has 5 heteroatoms. The van der Waals surface area contributed by atoms with E-state index in [1.807, 2.05) is 6.07 Å². The quantitative estimate of drug-likeness (QED) is 0.784. The predicted octanol–water partition coefficient (Wildman–Crippen LogP) is 1.38. The van der Waals surface area contributed by atoms with Crippen LogP contribution in [0.4, 0.5) is 0 Å². The van der Waals surface area contributed by atoms with Gasteiger partial charge < -0.3 is 14.8 Å². The standard InChI is InChI=1S/C13H16N2O3/c1-9-8-10-4-5-11(18-7-3-2-6-16)14-12(10)15-13(9)17/h4-5,8,16H,2-3,6-7H2,1H3,(H,14,15,17). The smallest absolute Gasteiger partial charge is 0.252 e. The molecular weight excluding hydrogens is 232 g/mol. The maximum Gasteiger partial charge on any atom is 0.252 e. The number of nitrogens with one attached hydrogen (secondary N) is 1. The molecule has 0 aliphatic rings. The van der Waals surface area contributed by atoms with E-state index in [-0.39, 0.29) is 12.2 Å². The van der Waals surface area contributed by atoms with E-state index in [1.165, 1.54) is 0 Å². The van der Waals surface area contributed by atoms with Crippen molar-refractivity contribution in [3.8, 4) is 5.88 Å². The second kappa shape index (κ2) is 5.64. The molecule has 0 bridgehead atoms. The topological polar surface area (TPSA) is 75.2 Å². The summed E-state index contributed by atoms with van der Waals surface area (Å²) in [6.45, 7) is 2.44. The fourth-order valence-electron chi connectivity index (χ4n) is 1.64. The highest BCUT2D eigenvalue weighted by atomic mass is 16.5. The van der Waals surface area contributed by atoms with Crippen molar-refractivity contribution < 1.29 is 9.84 Å². The van der Waals surface area contributed by atoms with Gasteiger partial charge in [0.15, 0.2) is 0 Å². The monoisotopic (exact) mass is 248 g/mol. The lowest BCUT2D eigenvalue weighted by Crippen LogP contribution is -2.09. The van der Waals surface area contributed by atoms with E-state index in [0.717, 1.165) is 11.8 Å². The van der Waals surface area contributed by atoms with E-state index in [1.54, 1.807) is 19.1 Å². The first kappa shape index (κ1) is 12.6. The van der Waals surface area contributed by atoms with Crippen LogP contribution < -0.4 is 10.3 Å². The maximum atomic E-state index is 11.5. The first-order chi connectivity index (χ1) is 8.70. The number of aromatic nitrogens is 2. The third kappa shape index (κ3) is 2.87. The number of H-pyrrole nitrogens is 1. The zero-order valence-electron chi connectivity index (χ0n) is 10.3. The van der Waals surface area contributed by atoms with E-state index in [2.05, 4.69) is 9.97 Å². The van der Waals surface area contributed by atoms with Gasteiger partial charge in [-0.25, -0.2) is 0 Å². The molecular formula is C13H16N2O3. The SMILES string of the molecule is Cc1cc2ccc(OCCCCO)nc2[nH]c1=O. The van der Waals surface area contributed by atoms with Crippen LogP contribution in [0, 0.1) is 6.92 Å². The molecule has 0 spiro atoms. The van der Waals surface area contributed by atoms with Crippen LogP contribution in [0.25, 0.3) is 11.0 Å². The van der Waals surface area contributed by atoms with E-state index in [0.29, 0.717) is 30.1 Å². The van der Waals surface area contributed by atoms with Gasteiger partial charge in [-0.3, -0.25) is 4.79 Å². The summed E-state index contributed by atoms with van der Waals surface area (Å²) in [5, 5.41) is 9.53. The molecule has 0 aliphatic carbocycles. The molecule has 0 radical (unpaired) electrons. The molecule has 0 amide bonds. The Hall–Kier alpha value is -1.88. The third-order valence-electron chi connectivity index (χ3n) is 2.67. The fourth-order valence-corrected chi connectivity index (χ4v) is 1.64. The van der Waals surface area contributed by atoms with Crippen LogP contribution in [0.5, 0.6) is 5.88 Å². The highest BCUT2D eigenvalue weighted by Gasteiger charge is 2.02. The Morgan fingerprint density at radius 2 is 2.22 bits per heavy atom. The molecule has 2 rings (SSSR count). The van der Waals surface area contributed by atoms with E-state index < -0.39 is 0 Å². The fraction of sp³-hybridized carbons (Fsp3) is 0.385. The largest absolute Gasteiger partial charge is 0.478 e. The lowest BCUT2D eigenvalue weighted by molar-refractivity contribution is 0.249. The van der Waals surface area contributed by atoms with Crippen LogP contribution in [0.15, 0.2) is 23.0 Å². The molecule has 5 nitrogen and oxygen atoms in total. The average Bonchev–Trinajstić information content (AvgIpc) is 2.36. The van der Waals surface area contributed by atoms with Crippen molar-refractivity contribution in [3.05, 3.63) is 34.1 Å². The van der Waals surface area contributed by atoms with Crippen molar-refractivity contribution in [1.82, 2.24) is 9.97 Å². The summed E-state index contributed by atoms with van der Waals surface area (Å²) in [5.41, 5.74) is 1.07. The lowest BCUT2D eigenvalue weighted by atomic mass is 10.2. The molecule has 0 saturated heterocycles. The van der Waals surface area contributed by atoms with Gasteiger partial charge in [0.05, 0.1) is 6.61 Å². The summed E-state index contributed by atoms with van der Waals surface area (Å²) in [6.07, 6.45) is 1.49. The molecule has 2 heterocycles. The molecule has 0 aromatic carbocycles. The van der Waals surface area contributed by atoms with Crippen LogP contribution in [0.1, 0.15) is 18.4 Å². The van der Waals surface area contributed by atoms with Crippen LogP contribution in [0.3, 0.4) is 0 Å². The number of fused-ring (bicyclic) bond motifs is 1. The minimum atomic E-state index is -0.132. The van der Waals surface area contributed by atoms with Crippen LogP contribution in [-0.2, 0) is 0 Å². The van der Waals surface area contributed by atoms with Gasteiger partial charge in [-0.2, -0.15) is 4.98 Å². The summed E-state index contributed by atoms with van der Waals surface area (Å²) in [7, 11) is 0. The number of aliphatic hydroxyl groups excluding tert-OH is 1. The van der Waals surface area contributed by atoms with Crippen molar-refractivity contribution in [2.24, 2.45) is 0 Å². The Morgan fingerprint density at radius 1 is 1.39 bits per heavy atom. The van der Waals surface area contributed by atoms with Gasteiger partial charge >= 0.3 is 0 Å². The van der Waals surface area contributed by atoms with Crippen molar-refractivity contribution in [2.75, 3.05) is 13.2 Å². The van der Waals surface area contributed by atoms with E-state index >= 15 is 0 Å². The molecule has 2 N–H and O–H groups in total. The highest BCUT2D eigenvalue weighted by Crippen LogP contribution is 2.14. The molecule has 0 saturated carbocycles. The second-order valence-corrected chi connectivity index (χ2v) is 4.15. The molecule has 0 aliphatic heterocycles. The minimum absolute atomic E-state index is 0.132. The van der Waals surface area contributed by atoms with Gasteiger partial charge in [-0.15, -0.1) is 0 Å². The van der Waals surface area contributed by atoms with Gasteiger partial charge in [0.25, 0.3) is 5.56 Å². The number of nitrogens with zero attached hydrogens (tertiary/aromatic N) is 1.